The van der Waals surface area contributed by atoms with E-state index in [9.17, 15) is 13.2 Å². The molecule has 1 aliphatic rings. The van der Waals surface area contributed by atoms with Crippen LogP contribution in [0.1, 0.15) is 16.8 Å². The molecule has 1 aromatic carbocycles. The van der Waals surface area contributed by atoms with Crippen molar-refractivity contribution in [2.75, 3.05) is 31.9 Å². The lowest BCUT2D eigenvalue weighted by Crippen LogP contribution is -2.49. The van der Waals surface area contributed by atoms with Crippen LogP contribution in [0.15, 0.2) is 23.1 Å². The first-order valence-corrected chi connectivity index (χ1v) is 10.2. The Morgan fingerprint density at radius 2 is 2.05 bits per heavy atom. The molecule has 0 aromatic heterocycles. The molecule has 0 radical (unpaired) electrons. The predicted octanol–water partition coefficient (Wildman–Crippen LogP) is 2.17. The third kappa shape index (κ3) is 3.76. The summed E-state index contributed by atoms with van der Waals surface area (Å²) in [5.74, 6) is -0.155. The molecule has 2 rings (SSSR count). The number of hydrazine groups is 1. The van der Waals surface area contributed by atoms with Crippen molar-refractivity contribution in [2.24, 2.45) is 0 Å². The number of nitrogens with zero attached hydrogens (tertiary/aromatic N) is 2. The lowest BCUT2D eigenvalue weighted by atomic mass is 10.1. The second kappa shape index (κ2) is 6.78. The standard InChI is InChI=1S/C14H19ClN2O3S2/c1-16(2)17(10-6-7-22(19,20)9-10)14(18)12-8-11(21-3)4-5-13(12)15/h4-5,8,10H,6-7,9H2,1-3H3. The number of carbonyl (C=O) groups excluding carboxylic acids is 1. The van der Waals surface area contributed by atoms with Crippen molar-refractivity contribution >= 4 is 39.1 Å². The number of sulfone groups is 1. The summed E-state index contributed by atoms with van der Waals surface area (Å²) < 4.78 is 23.4. The van der Waals surface area contributed by atoms with Gasteiger partial charge < -0.3 is 0 Å². The molecule has 1 saturated heterocycles. The Morgan fingerprint density at radius 3 is 2.55 bits per heavy atom. The first-order chi connectivity index (χ1) is 10.2. The molecule has 0 bridgehead atoms. The molecule has 1 aromatic rings. The van der Waals surface area contributed by atoms with Crippen LogP contribution in [0.5, 0.6) is 0 Å². The number of benzene rings is 1. The topological polar surface area (TPSA) is 57.7 Å². The maximum absolute atomic E-state index is 12.9. The van der Waals surface area contributed by atoms with Crippen LogP contribution < -0.4 is 0 Å². The Kier molecular flexibility index (Phi) is 5.42. The minimum absolute atomic E-state index is 0.00322. The van der Waals surface area contributed by atoms with E-state index in [1.165, 1.54) is 16.8 Å². The van der Waals surface area contributed by atoms with Gasteiger partial charge >= 0.3 is 0 Å². The van der Waals surface area contributed by atoms with Crippen LogP contribution in [0.3, 0.4) is 0 Å². The molecule has 5 nitrogen and oxygen atoms in total. The van der Waals surface area contributed by atoms with Crippen LogP contribution in [0.25, 0.3) is 0 Å². The van der Waals surface area contributed by atoms with Gasteiger partial charge in [-0.15, -0.1) is 11.8 Å². The van der Waals surface area contributed by atoms with E-state index in [-0.39, 0.29) is 23.5 Å². The Balaban J connectivity index is 2.35. The summed E-state index contributed by atoms with van der Waals surface area (Å²) in [5.41, 5.74) is 0.395. The highest BCUT2D eigenvalue weighted by molar-refractivity contribution is 7.98. The fourth-order valence-corrected chi connectivity index (χ4v) is 4.89. The lowest BCUT2D eigenvalue weighted by molar-refractivity contribution is 0.00101. The molecular formula is C14H19ClN2O3S2. The van der Waals surface area contributed by atoms with E-state index in [2.05, 4.69) is 0 Å². The molecule has 0 N–H and O–H groups in total. The molecule has 0 spiro atoms. The molecule has 1 heterocycles. The summed E-state index contributed by atoms with van der Waals surface area (Å²) in [6.45, 7) is 0. The van der Waals surface area contributed by atoms with E-state index in [1.807, 2.05) is 12.3 Å². The Hall–Kier alpha value is -0.760. The summed E-state index contributed by atoms with van der Waals surface area (Å²) in [6, 6.07) is 4.94. The van der Waals surface area contributed by atoms with E-state index in [4.69, 9.17) is 11.6 Å². The van der Waals surface area contributed by atoms with Gasteiger partial charge in [-0.2, -0.15) is 0 Å². The summed E-state index contributed by atoms with van der Waals surface area (Å²) in [5, 5.41) is 3.50. The molecule has 1 amide bonds. The van der Waals surface area contributed by atoms with Gasteiger partial charge in [0.1, 0.15) is 0 Å². The van der Waals surface area contributed by atoms with Crippen LogP contribution in [0, 0.1) is 0 Å². The van der Waals surface area contributed by atoms with E-state index in [1.54, 1.807) is 31.2 Å². The summed E-state index contributed by atoms with van der Waals surface area (Å²) >= 11 is 7.69. The van der Waals surface area contributed by atoms with Crippen LogP contribution in [0.4, 0.5) is 0 Å². The molecular weight excluding hydrogens is 344 g/mol. The van der Waals surface area contributed by atoms with Crippen LogP contribution >= 0.6 is 23.4 Å². The third-order valence-electron chi connectivity index (χ3n) is 3.60. The molecule has 1 atom stereocenters. The van der Waals surface area contributed by atoms with Gasteiger partial charge in [0, 0.05) is 19.0 Å². The van der Waals surface area contributed by atoms with Gasteiger partial charge in [-0.1, -0.05) is 11.6 Å². The molecule has 0 saturated carbocycles. The zero-order valence-electron chi connectivity index (χ0n) is 12.7. The van der Waals surface area contributed by atoms with Crippen molar-refractivity contribution in [2.45, 2.75) is 17.4 Å². The van der Waals surface area contributed by atoms with E-state index < -0.39 is 9.84 Å². The van der Waals surface area contributed by atoms with Crippen molar-refractivity contribution < 1.29 is 13.2 Å². The van der Waals surface area contributed by atoms with E-state index in [0.29, 0.717) is 17.0 Å². The summed E-state index contributed by atoms with van der Waals surface area (Å²) in [6.07, 6.45) is 2.37. The maximum Gasteiger partial charge on any atom is 0.269 e. The number of amides is 1. The quantitative estimate of drug-likeness (QED) is 0.607. The first-order valence-electron chi connectivity index (χ1n) is 6.80. The van der Waals surface area contributed by atoms with E-state index in [0.717, 1.165) is 4.90 Å². The second-order valence-corrected chi connectivity index (χ2v) is 8.92. The fraction of sp³-hybridized carbons (Fsp3) is 0.500. The van der Waals surface area contributed by atoms with Crippen molar-refractivity contribution in [3.05, 3.63) is 28.8 Å². The first kappa shape index (κ1) is 17.6. The Labute approximate surface area is 140 Å². The smallest absolute Gasteiger partial charge is 0.268 e. The molecule has 122 valence electrons. The molecule has 1 aliphatic heterocycles. The zero-order valence-corrected chi connectivity index (χ0v) is 15.1. The highest BCUT2D eigenvalue weighted by atomic mass is 35.5. The average Bonchev–Trinajstić information content (AvgIpc) is 2.79. The number of carbonyl (C=O) groups is 1. The van der Waals surface area contributed by atoms with Gasteiger partial charge in [-0.3, -0.25) is 9.80 Å². The Morgan fingerprint density at radius 1 is 1.36 bits per heavy atom. The summed E-state index contributed by atoms with van der Waals surface area (Å²) in [4.78, 5) is 13.8. The number of thioether (sulfide) groups is 1. The fourth-order valence-electron chi connectivity index (χ4n) is 2.56. The maximum atomic E-state index is 12.9. The Bertz CT molecular complexity index is 677. The van der Waals surface area contributed by atoms with Gasteiger partial charge in [0.15, 0.2) is 9.84 Å². The van der Waals surface area contributed by atoms with Gasteiger partial charge in [0.05, 0.1) is 28.1 Å². The van der Waals surface area contributed by atoms with Gasteiger partial charge in [0.2, 0.25) is 0 Å². The number of rotatable bonds is 4. The van der Waals surface area contributed by atoms with Crippen molar-refractivity contribution in [3.63, 3.8) is 0 Å². The second-order valence-electron chi connectivity index (χ2n) is 5.40. The zero-order chi connectivity index (χ0) is 16.5. The normalized spacial score (nSPS) is 20.3. The number of halogens is 1. The largest absolute Gasteiger partial charge is 0.269 e. The van der Waals surface area contributed by atoms with Gasteiger partial charge in [0.25, 0.3) is 5.91 Å². The van der Waals surface area contributed by atoms with E-state index >= 15 is 0 Å². The van der Waals surface area contributed by atoms with Crippen LogP contribution in [0.2, 0.25) is 5.02 Å². The highest BCUT2D eigenvalue weighted by Crippen LogP contribution is 2.27. The minimum atomic E-state index is -3.07. The third-order valence-corrected chi connectivity index (χ3v) is 6.40. The van der Waals surface area contributed by atoms with Crippen molar-refractivity contribution in [1.82, 2.24) is 10.0 Å². The minimum Gasteiger partial charge on any atom is -0.268 e. The lowest BCUT2D eigenvalue weighted by Gasteiger charge is -2.34. The van der Waals surface area contributed by atoms with Crippen LogP contribution in [-0.2, 0) is 9.84 Å². The van der Waals surface area contributed by atoms with Crippen molar-refractivity contribution in [1.29, 1.82) is 0 Å². The van der Waals surface area contributed by atoms with Gasteiger partial charge in [-0.25, -0.2) is 13.4 Å². The van der Waals surface area contributed by atoms with Crippen LogP contribution in [-0.4, -0.2) is 62.2 Å². The summed E-state index contributed by atoms with van der Waals surface area (Å²) in [7, 11) is 0.392. The SMILES string of the molecule is CSc1ccc(Cl)c(C(=O)N(C2CCS(=O)(=O)C2)N(C)C)c1. The average molecular weight is 363 g/mol. The van der Waals surface area contributed by atoms with Gasteiger partial charge in [-0.05, 0) is 30.9 Å². The molecule has 22 heavy (non-hydrogen) atoms. The predicted molar refractivity (Wildman–Crippen MR) is 90.1 cm³/mol. The molecule has 0 aliphatic carbocycles. The molecule has 1 fully saturated rings. The molecule has 1 unspecified atom stereocenters. The highest BCUT2D eigenvalue weighted by Gasteiger charge is 2.36. The number of hydrogen-bond donors (Lipinski definition) is 0. The molecule has 8 heteroatoms. The number of hydrogen-bond acceptors (Lipinski definition) is 5. The monoisotopic (exact) mass is 362 g/mol. The van der Waals surface area contributed by atoms with Crippen molar-refractivity contribution in [3.8, 4) is 0 Å².